The third kappa shape index (κ3) is 4.27. The summed E-state index contributed by atoms with van der Waals surface area (Å²) in [6, 6.07) is 1.66. The van der Waals surface area contributed by atoms with Crippen molar-refractivity contribution >= 4 is 23.5 Å². The Balaban J connectivity index is 3.08. The Bertz CT molecular complexity index is 495. The number of aliphatic carboxylic acids is 1. The fraction of sp³-hybridized carbons (Fsp3) is 0.571. The molecule has 0 atom stereocenters. The maximum absolute atomic E-state index is 12.5. The molecule has 6 heteroatoms. The van der Waals surface area contributed by atoms with Crippen molar-refractivity contribution in [2.45, 2.75) is 33.7 Å². The lowest BCUT2D eigenvalue weighted by molar-refractivity contribution is -0.137. The van der Waals surface area contributed by atoms with Crippen LogP contribution in [0.4, 0.5) is 0 Å². The van der Waals surface area contributed by atoms with Crippen LogP contribution in [0.15, 0.2) is 12.3 Å². The van der Waals surface area contributed by atoms with Crippen molar-refractivity contribution in [1.82, 2.24) is 9.47 Å². The second-order valence-corrected chi connectivity index (χ2v) is 5.95. The average Bonchev–Trinajstić information content (AvgIpc) is 2.68. The highest BCUT2D eigenvalue weighted by Crippen LogP contribution is 2.20. The van der Waals surface area contributed by atoms with Gasteiger partial charge >= 0.3 is 5.97 Å². The largest absolute Gasteiger partial charge is 0.480 e. The van der Waals surface area contributed by atoms with Crippen molar-refractivity contribution < 1.29 is 14.7 Å². The van der Waals surface area contributed by atoms with Gasteiger partial charge in [0.1, 0.15) is 12.2 Å². The Hall–Kier alpha value is -1.49. The highest BCUT2D eigenvalue weighted by atomic mass is 35.5. The molecule has 1 rings (SSSR count). The van der Waals surface area contributed by atoms with Gasteiger partial charge in [0, 0.05) is 18.8 Å². The molecule has 0 saturated heterocycles. The Kier molecular flexibility index (Phi) is 5.62. The Morgan fingerprint density at radius 3 is 2.40 bits per heavy atom. The van der Waals surface area contributed by atoms with E-state index in [4.69, 9.17) is 16.7 Å². The third-order valence-corrected chi connectivity index (χ3v) is 3.00. The first-order valence-corrected chi connectivity index (χ1v) is 6.98. The number of carbonyl (C=O) groups is 2. The summed E-state index contributed by atoms with van der Waals surface area (Å²) in [6.45, 7) is 7.85. The zero-order valence-corrected chi connectivity index (χ0v) is 13.0. The highest BCUT2D eigenvalue weighted by Gasteiger charge is 2.23. The van der Waals surface area contributed by atoms with Gasteiger partial charge in [-0.25, -0.2) is 0 Å². The molecule has 1 aromatic rings. The Morgan fingerprint density at radius 2 is 1.95 bits per heavy atom. The summed E-state index contributed by atoms with van der Waals surface area (Å²) in [7, 11) is 0. The molecule has 20 heavy (non-hydrogen) atoms. The smallest absolute Gasteiger partial charge is 0.323 e. The SMILES string of the molecule is CC(C)CN(CC(=O)O)C(=O)c1cc(Cl)cn1C(C)C. The van der Waals surface area contributed by atoms with E-state index in [9.17, 15) is 9.59 Å². The zero-order valence-electron chi connectivity index (χ0n) is 12.3. The fourth-order valence-electron chi connectivity index (χ4n) is 2.03. The quantitative estimate of drug-likeness (QED) is 0.878. The van der Waals surface area contributed by atoms with E-state index < -0.39 is 5.97 Å². The van der Waals surface area contributed by atoms with Crippen molar-refractivity contribution in [1.29, 1.82) is 0 Å². The summed E-state index contributed by atoms with van der Waals surface area (Å²) in [5, 5.41) is 9.42. The van der Waals surface area contributed by atoms with Crippen LogP contribution >= 0.6 is 11.6 Å². The molecule has 0 aliphatic carbocycles. The van der Waals surface area contributed by atoms with E-state index in [1.54, 1.807) is 16.8 Å². The molecule has 0 aliphatic heterocycles. The molecule has 0 fully saturated rings. The molecule has 5 nitrogen and oxygen atoms in total. The van der Waals surface area contributed by atoms with Crippen LogP contribution in [0, 0.1) is 5.92 Å². The molecule has 0 radical (unpaired) electrons. The van der Waals surface area contributed by atoms with E-state index in [2.05, 4.69) is 0 Å². The maximum atomic E-state index is 12.5. The van der Waals surface area contributed by atoms with Gasteiger partial charge in [-0.1, -0.05) is 25.4 Å². The van der Waals surface area contributed by atoms with E-state index in [1.165, 1.54) is 4.90 Å². The number of carboxylic acids is 1. The standard InChI is InChI=1S/C14H21ClN2O3/c1-9(2)6-16(8-13(18)19)14(20)12-5-11(15)7-17(12)10(3)4/h5,7,9-10H,6,8H2,1-4H3,(H,18,19). The molecule has 1 aromatic heterocycles. The Labute approximate surface area is 124 Å². The van der Waals surface area contributed by atoms with Crippen molar-refractivity contribution in [2.24, 2.45) is 5.92 Å². The summed E-state index contributed by atoms with van der Waals surface area (Å²) in [4.78, 5) is 24.8. The summed E-state index contributed by atoms with van der Waals surface area (Å²) >= 11 is 5.96. The molecule has 112 valence electrons. The van der Waals surface area contributed by atoms with Gasteiger partial charge in [0.15, 0.2) is 0 Å². The first-order valence-electron chi connectivity index (χ1n) is 6.60. The lowest BCUT2D eigenvalue weighted by atomic mass is 10.2. The minimum atomic E-state index is -1.02. The number of nitrogens with zero attached hydrogens (tertiary/aromatic N) is 2. The van der Waals surface area contributed by atoms with Crippen molar-refractivity contribution in [3.05, 3.63) is 23.0 Å². The van der Waals surface area contributed by atoms with Gasteiger partial charge in [-0.3, -0.25) is 9.59 Å². The van der Waals surface area contributed by atoms with E-state index in [0.29, 0.717) is 17.3 Å². The van der Waals surface area contributed by atoms with Crippen LogP contribution in [0.3, 0.4) is 0 Å². The molecule has 0 bridgehead atoms. The second-order valence-electron chi connectivity index (χ2n) is 5.52. The van der Waals surface area contributed by atoms with Gasteiger partial charge in [-0.15, -0.1) is 0 Å². The second kappa shape index (κ2) is 6.79. The first-order chi connectivity index (χ1) is 9.22. The van der Waals surface area contributed by atoms with Crippen LogP contribution in [-0.4, -0.2) is 39.5 Å². The molecule has 0 saturated carbocycles. The molecule has 1 N–H and O–H groups in total. The van der Waals surface area contributed by atoms with Crippen LogP contribution in [-0.2, 0) is 4.79 Å². The van der Waals surface area contributed by atoms with Crippen LogP contribution in [0.25, 0.3) is 0 Å². The molecule has 0 spiro atoms. The van der Waals surface area contributed by atoms with Crippen molar-refractivity contribution in [3.63, 3.8) is 0 Å². The fourth-order valence-corrected chi connectivity index (χ4v) is 2.24. The summed E-state index contributed by atoms with van der Waals surface area (Å²) in [6.07, 6.45) is 1.69. The number of halogens is 1. The predicted molar refractivity (Wildman–Crippen MR) is 78.2 cm³/mol. The molecule has 0 aliphatic rings. The number of hydrogen-bond acceptors (Lipinski definition) is 2. The first kappa shape index (κ1) is 16.6. The Morgan fingerprint density at radius 1 is 1.35 bits per heavy atom. The lowest BCUT2D eigenvalue weighted by Gasteiger charge is -2.24. The number of hydrogen-bond donors (Lipinski definition) is 1. The van der Waals surface area contributed by atoms with Crippen LogP contribution < -0.4 is 0 Å². The van der Waals surface area contributed by atoms with E-state index in [-0.39, 0.29) is 24.4 Å². The third-order valence-electron chi connectivity index (χ3n) is 2.79. The molecule has 0 aromatic carbocycles. The monoisotopic (exact) mass is 300 g/mol. The van der Waals surface area contributed by atoms with E-state index >= 15 is 0 Å². The van der Waals surface area contributed by atoms with E-state index in [1.807, 2.05) is 27.7 Å². The van der Waals surface area contributed by atoms with Crippen molar-refractivity contribution in [2.75, 3.05) is 13.1 Å². The number of carbonyl (C=O) groups excluding carboxylic acids is 1. The minimum Gasteiger partial charge on any atom is -0.480 e. The molecular weight excluding hydrogens is 280 g/mol. The van der Waals surface area contributed by atoms with Crippen LogP contribution in [0.5, 0.6) is 0 Å². The predicted octanol–water partition coefficient (Wildman–Crippen LogP) is 2.91. The highest BCUT2D eigenvalue weighted by molar-refractivity contribution is 6.31. The van der Waals surface area contributed by atoms with Gasteiger partial charge < -0.3 is 14.6 Å². The number of rotatable bonds is 6. The topological polar surface area (TPSA) is 62.5 Å². The molecular formula is C14H21ClN2O3. The van der Waals surface area contributed by atoms with Gasteiger partial charge in [0.05, 0.1) is 5.02 Å². The van der Waals surface area contributed by atoms with Crippen LogP contribution in [0.1, 0.15) is 44.2 Å². The van der Waals surface area contributed by atoms with Crippen molar-refractivity contribution in [3.8, 4) is 0 Å². The normalized spacial score (nSPS) is 11.2. The van der Waals surface area contributed by atoms with E-state index in [0.717, 1.165) is 0 Å². The lowest BCUT2D eigenvalue weighted by Crippen LogP contribution is -2.39. The number of amides is 1. The van der Waals surface area contributed by atoms with Crippen LogP contribution in [0.2, 0.25) is 5.02 Å². The van der Waals surface area contributed by atoms with Gasteiger partial charge in [-0.2, -0.15) is 0 Å². The summed E-state index contributed by atoms with van der Waals surface area (Å²) in [5.74, 6) is -1.13. The summed E-state index contributed by atoms with van der Waals surface area (Å²) in [5.41, 5.74) is 0.423. The van der Waals surface area contributed by atoms with Gasteiger partial charge in [0.2, 0.25) is 0 Å². The minimum absolute atomic E-state index is 0.0761. The van der Waals surface area contributed by atoms with Gasteiger partial charge in [0.25, 0.3) is 5.91 Å². The summed E-state index contributed by atoms with van der Waals surface area (Å²) < 4.78 is 1.76. The zero-order chi connectivity index (χ0) is 15.4. The molecule has 0 unspecified atom stereocenters. The number of carboxylic acid groups (broad SMARTS) is 1. The maximum Gasteiger partial charge on any atom is 0.323 e. The number of aromatic nitrogens is 1. The molecule has 1 amide bonds. The molecule has 1 heterocycles. The van der Waals surface area contributed by atoms with Gasteiger partial charge in [-0.05, 0) is 25.8 Å². The average molecular weight is 301 g/mol.